The van der Waals surface area contributed by atoms with Gasteiger partial charge in [0.1, 0.15) is 23.6 Å². The largest absolute Gasteiger partial charge is 0.459 e. The second-order valence-corrected chi connectivity index (χ2v) is 8.69. The maximum atomic E-state index is 6.29. The van der Waals surface area contributed by atoms with E-state index in [4.69, 9.17) is 21.0 Å². The van der Waals surface area contributed by atoms with Gasteiger partial charge in [0.15, 0.2) is 5.17 Å². The lowest BCUT2D eigenvalue weighted by molar-refractivity contribution is 0.277. The van der Waals surface area contributed by atoms with E-state index in [0.29, 0.717) is 5.25 Å². The lowest BCUT2D eigenvalue weighted by Gasteiger charge is -2.25. The zero-order valence-electron chi connectivity index (χ0n) is 14.7. The molecule has 0 N–H and O–H groups in total. The van der Waals surface area contributed by atoms with Gasteiger partial charge in [-0.3, -0.25) is 4.98 Å². The molecule has 0 spiro atoms. The van der Waals surface area contributed by atoms with Gasteiger partial charge in [0, 0.05) is 28.6 Å². The standard InChI is InChI=1S/C21H18ClN3OS/c1-13-12-25-20(19(24-21(25)27-13)16-4-2-3-11-23-16)18-10-9-17(26-18)14-5-7-15(22)8-6-14/h2-11,13,19-20H,12H2,1H3/t13-,19-,20-/m0/s1. The molecule has 4 heterocycles. The summed E-state index contributed by atoms with van der Waals surface area (Å²) in [6.45, 7) is 3.20. The lowest BCUT2D eigenvalue weighted by Crippen LogP contribution is -2.28. The van der Waals surface area contributed by atoms with Crippen LogP contribution < -0.4 is 0 Å². The fraction of sp³-hybridized carbons (Fsp3) is 0.238. The highest BCUT2D eigenvalue weighted by Crippen LogP contribution is 2.48. The summed E-state index contributed by atoms with van der Waals surface area (Å²) in [5, 5.41) is 2.34. The Bertz CT molecular complexity index is 986. The van der Waals surface area contributed by atoms with Gasteiger partial charge in [-0.15, -0.1) is 0 Å². The van der Waals surface area contributed by atoms with Gasteiger partial charge in [-0.25, -0.2) is 4.99 Å². The highest BCUT2D eigenvalue weighted by Gasteiger charge is 2.45. The van der Waals surface area contributed by atoms with Crippen molar-refractivity contribution in [1.82, 2.24) is 9.88 Å². The van der Waals surface area contributed by atoms with Crippen LogP contribution in [0.3, 0.4) is 0 Å². The summed E-state index contributed by atoms with van der Waals surface area (Å²) in [6.07, 6.45) is 1.83. The van der Waals surface area contributed by atoms with Gasteiger partial charge in [0.25, 0.3) is 0 Å². The first-order chi connectivity index (χ1) is 13.2. The van der Waals surface area contributed by atoms with Crippen LogP contribution in [0.5, 0.6) is 0 Å². The molecular weight excluding hydrogens is 378 g/mol. The molecule has 5 rings (SSSR count). The van der Waals surface area contributed by atoms with Gasteiger partial charge in [-0.05, 0) is 48.5 Å². The second kappa shape index (κ2) is 6.73. The summed E-state index contributed by atoms with van der Waals surface area (Å²) in [6, 6.07) is 17.8. The average Bonchev–Trinajstić information content (AvgIpc) is 3.37. The quantitative estimate of drug-likeness (QED) is 0.580. The Morgan fingerprint density at radius 3 is 2.74 bits per heavy atom. The average molecular weight is 396 g/mol. The van der Waals surface area contributed by atoms with Crippen LogP contribution in [0.4, 0.5) is 0 Å². The summed E-state index contributed by atoms with van der Waals surface area (Å²) in [4.78, 5) is 11.9. The van der Waals surface area contributed by atoms with Gasteiger partial charge >= 0.3 is 0 Å². The molecule has 3 atom stereocenters. The van der Waals surface area contributed by atoms with Crippen LogP contribution in [0.1, 0.15) is 30.5 Å². The zero-order chi connectivity index (χ0) is 18.4. The van der Waals surface area contributed by atoms with Crippen LogP contribution in [0.25, 0.3) is 11.3 Å². The lowest BCUT2D eigenvalue weighted by atomic mass is 10.0. The number of aromatic nitrogens is 1. The molecule has 2 aliphatic heterocycles. The Kier molecular flexibility index (Phi) is 4.21. The molecule has 0 aliphatic carbocycles. The van der Waals surface area contributed by atoms with Crippen LogP contribution in [-0.2, 0) is 0 Å². The molecule has 1 saturated heterocycles. The summed E-state index contributed by atoms with van der Waals surface area (Å²) in [5.74, 6) is 1.76. The van der Waals surface area contributed by atoms with Crippen molar-refractivity contribution in [3.63, 3.8) is 0 Å². The molecule has 4 nitrogen and oxygen atoms in total. The van der Waals surface area contributed by atoms with Crippen molar-refractivity contribution in [3.8, 4) is 11.3 Å². The first-order valence-electron chi connectivity index (χ1n) is 8.97. The fourth-order valence-electron chi connectivity index (χ4n) is 3.71. The number of amidine groups is 1. The highest BCUT2D eigenvalue weighted by molar-refractivity contribution is 8.14. The van der Waals surface area contributed by atoms with E-state index in [1.807, 2.05) is 66.5 Å². The molecule has 0 unspecified atom stereocenters. The number of fused-ring (bicyclic) bond motifs is 1. The van der Waals surface area contributed by atoms with Crippen molar-refractivity contribution >= 4 is 28.5 Å². The number of benzene rings is 1. The van der Waals surface area contributed by atoms with E-state index in [9.17, 15) is 0 Å². The minimum absolute atomic E-state index is 0.0356. The number of rotatable bonds is 3. The van der Waals surface area contributed by atoms with E-state index in [-0.39, 0.29) is 12.1 Å². The van der Waals surface area contributed by atoms with Gasteiger partial charge < -0.3 is 9.32 Å². The molecule has 136 valence electrons. The topological polar surface area (TPSA) is 41.6 Å². The predicted octanol–water partition coefficient (Wildman–Crippen LogP) is 5.58. The van der Waals surface area contributed by atoms with E-state index in [0.717, 1.165) is 39.5 Å². The Morgan fingerprint density at radius 1 is 1.11 bits per heavy atom. The molecule has 1 aromatic carbocycles. The fourth-order valence-corrected chi connectivity index (χ4v) is 4.93. The molecule has 3 aromatic rings. The van der Waals surface area contributed by atoms with Crippen LogP contribution in [-0.4, -0.2) is 26.8 Å². The molecule has 1 fully saturated rings. The van der Waals surface area contributed by atoms with Crippen molar-refractivity contribution in [2.75, 3.05) is 6.54 Å². The Hall–Kier alpha value is -2.24. The van der Waals surface area contributed by atoms with E-state index in [2.05, 4.69) is 22.9 Å². The number of hydrogen-bond acceptors (Lipinski definition) is 5. The van der Waals surface area contributed by atoms with Gasteiger partial charge in [0.2, 0.25) is 0 Å². The van der Waals surface area contributed by atoms with Crippen molar-refractivity contribution in [2.24, 2.45) is 4.99 Å². The summed E-state index contributed by atoms with van der Waals surface area (Å²) < 4.78 is 6.29. The number of thioether (sulfide) groups is 1. The number of aliphatic imine (C=N–C) groups is 1. The Labute approximate surface area is 167 Å². The van der Waals surface area contributed by atoms with Crippen molar-refractivity contribution in [3.05, 3.63) is 77.3 Å². The summed E-state index contributed by atoms with van der Waals surface area (Å²) in [7, 11) is 0. The first-order valence-corrected chi connectivity index (χ1v) is 10.2. The minimum Gasteiger partial charge on any atom is -0.459 e. The Morgan fingerprint density at radius 2 is 1.96 bits per heavy atom. The van der Waals surface area contributed by atoms with E-state index >= 15 is 0 Å². The SMILES string of the molecule is C[C@H]1CN2C(=N[C@@H](c3ccccn3)[C@@H]2c2ccc(-c3ccc(Cl)cc3)o2)S1. The third kappa shape index (κ3) is 3.05. The summed E-state index contributed by atoms with van der Waals surface area (Å²) in [5.41, 5.74) is 1.99. The van der Waals surface area contributed by atoms with E-state index < -0.39 is 0 Å². The predicted molar refractivity (Wildman–Crippen MR) is 110 cm³/mol. The summed E-state index contributed by atoms with van der Waals surface area (Å²) >= 11 is 7.84. The smallest absolute Gasteiger partial charge is 0.161 e. The van der Waals surface area contributed by atoms with Crippen LogP contribution >= 0.6 is 23.4 Å². The van der Waals surface area contributed by atoms with Gasteiger partial charge in [0.05, 0.1) is 5.69 Å². The molecule has 0 saturated carbocycles. The maximum Gasteiger partial charge on any atom is 0.161 e. The zero-order valence-corrected chi connectivity index (χ0v) is 16.3. The van der Waals surface area contributed by atoms with Crippen LogP contribution in [0.2, 0.25) is 5.02 Å². The molecule has 6 heteroatoms. The second-order valence-electron chi connectivity index (χ2n) is 6.85. The molecule has 0 amide bonds. The van der Waals surface area contributed by atoms with Crippen molar-refractivity contribution in [1.29, 1.82) is 0 Å². The third-order valence-corrected chi connectivity index (χ3v) is 6.28. The van der Waals surface area contributed by atoms with E-state index in [1.165, 1.54) is 0 Å². The number of pyridine rings is 1. The maximum absolute atomic E-state index is 6.29. The highest BCUT2D eigenvalue weighted by atomic mass is 35.5. The normalized spacial score (nSPS) is 24.1. The number of furan rings is 1. The molecule has 27 heavy (non-hydrogen) atoms. The molecule has 0 radical (unpaired) electrons. The minimum atomic E-state index is -0.0505. The van der Waals surface area contributed by atoms with Crippen molar-refractivity contribution < 1.29 is 4.42 Å². The van der Waals surface area contributed by atoms with Crippen molar-refractivity contribution in [2.45, 2.75) is 24.3 Å². The molecular formula is C21H18ClN3OS. The Balaban J connectivity index is 1.53. The number of nitrogens with zero attached hydrogens (tertiary/aromatic N) is 3. The van der Waals surface area contributed by atoms with Crippen LogP contribution in [0, 0.1) is 0 Å². The number of hydrogen-bond donors (Lipinski definition) is 0. The van der Waals surface area contributed by atoms with Crippen LogP contribution in [0.15, 0.2) is 70.2 Å². The first kappa shape index (κ1) is 16.9. The third-order valence-electron chi connectivity index (χ3n) is 4.93. The monoisotopic (exact) mass is 395 g/mol. The molecule has 2 aromatic heterocycles. The number of halogens is 1. The van der Waals surface area contributed by atoms with Gasteiger partial charge in [-0.2, -0.15) is 0 Å². The molecule has 0 bridgehead atoms. The van der Waals surface area contributed by atoms with E-state index in [1.54, 1.807) is 0 Å². The molecule has 2 aliphatic rings. The van der Waals surface area contributed by atoms with Gasteiger partial charge in [-0.1, -0.05) is 36.4 Å².